The molecule has 0 amide bonds. The molecule has 0 bridgehead atoms. The zero-order chi connectivity index (χ0) is 11.8. The monoisotopic (exact) mass is 232 g/mol. The Bertz CT molecular complexity index is 324. The molecule has 8 heteroatoms. The van der Waals surface area contributed by atoms with Crippen LogP contribution in [0.1, 0.15) is 6.92 Å². The van der Waals surface area contributed by atoms with Crippen LogP contribution in [0, 0.1) is 0 Å². The molecule has 0 aliphatic rings. The Morgan fingerprint density at radius 1 is 1.60 bits per heavy atom. The lowest BCUT2D eigenvalue weighted by Gasteiger charge is -2.01. The summed E-state index contributed by atoms with van der Waals surface area (Å²) in [6, 6.07) is 0. The first-order valence-electron chi connectivity index (χ1n) is 3.78. The number of nitrogens with zero attached hydrogens (tertiary/aromatic N) is 2. The first-order valence-corrected chi connectivity index (χ1v) is 4.66. The summed E-state index contributed by atoms with van der Waals surface area (Å²) >= 11 is 0.714. The van der Waals surface area contributed by atoms with Crippen LogP contribution in [-0.2, 0) is 9.63 Å². The van der Waals surface area contributed by atoms with Crippen molar-refractivity contribution in [2.75, 3.05) is 7.11 Å². The van der Waals surface area contributed by atoms with E-state index < -0.39 is 5.97 Å². The van der Waals surface area contributed by atoms with Gasteiger partial charge in [0.15, 0.2) is 5.17 Å². The Balaban J connectivity index is 5.12. The number of carboxylic acid groups (broad SMARTS) is 1. The van der Waals surface area contributed by atoms with E-state index >= 15 is 0 Å². The zero-order valence-corrected chi connectivity index (χ0v) is 9.11. The van der Waals surface area contributed by atoms with Gasteiger partial charge in [-0.2, -0.15) is 0 Å². The maximum Gasteiger partial charge on any atom is 0.360 e. The fourth-order valence-corrected chi connectivity index (χ4v) is 0.837. The summed E-state index contributed by atoms with van der Waals surface area (Å²) < 4.78 is 0. The van der Waals surface area contributed by atoms with Crippen molar-refractivity contribution in [1.29, 1.82) is 0 Å². The molecule has 15 heavy (non-hydrogen) atoms. The van der Waals surface area contributed by atoms with E-state index in [-0.39, 0.29) is 16.6 Å². The number of rotatable bonds is 4. The molecule has 0 unspecified atom stereocenters. The summed E-state index contributed by atoms with van der Waals surface area (Å²) in [4.78, 5) is 18.9. The lowest BCUT2D eigenvalue weighted by Crippen LogP contribution is -2.18. The van der Waals surface area contributed by atoms with E-state index in [0.29, 0.717) is 11.9 Å². The van der Waals surface area contributed by atoms with Crippen LogP contribution < -0.4 is 10.9 Å². The number of amidine groups is 1. The molecule has 0 fully saturated rings. The third-order valence-corrected chi connectivity index (χ3v) is 1.59. The summed E-state index contributed by atoms with van der Waals surface area (Å²) in [7, 11) is 1.24. The maximum atomic E-state index is 10.8. The van der Waals surface area contributed by atoms with Gasteiger partial charge >= 0.3 is 5.97 Å². The van der Waals surface area contributed by atoms with Crippen LogP contribution in [-0.4, -0.2) is 29.1 Å². The lowest BCUT2D eigenvalue weighted by atomic mass is 10.3. The van der Waals surface area contributed by atoms with Crippen molar-refractivity contribution in [2.24, 2.45) is 21.0 Å². The molecule has 0 aromatic rings. The largest absolute Gasteiger partial charge is 0.476 e. The number of nitrogens with two attached hydrogens (primary N) is 2. The molecule has 84 valence electrons. The van der Waals surface area contributed by atoms with Crippen LogP contribution in [0.5, 0.6) is 0 Å². The molecule has 0 aromatic carbocycles. The third kappa shape index (κ3) is 4.47. The van der Waals surface area contributed by atoms with E-state index in [1.54, 1.807) is 6.92 Å². The summed E-state index contributed by atoms with van der Waals surface area (Å²) in [6.07, 6.45) is 1.44. The number of hydrogen-bond donors (Lipinski definition) is 3. The minimum Gasteiger partial charge on any atom is -0.476 e. The van der Waals surface area contributed by atoms with Gasteiger partial charge in [0.1, 0.15) is 7.11 Å². The number of allylic oxidation sites excluding steroid dienone is 1. The molecule has 0 atom stereocenters. The molecular formula is C7H12N4O3S. The molecule has 0 saturated heterocycles. The Kier molecular flexibility index (Phi) is 6.14. The highest BCUT2D eigenvalue weighted by molar-refractivity contribution is 8.11. The summed E-state index contributed by atoms with van der Waals surface area (Å²) in [5.41, 5.74) is 5.09. The number of carboxylic acids is 1. The van der Waals surface area contributed by atoms with Crippen LogP contribution in [0.15, 0.2) is 21.9 Å². The van der Waals surface area contributed by atoms with E-state index in [4.69, 9.17) is 16.0 Å². The minimum atomic E-state index is -1.26. The molecular weight excluding hydrogens is 220 g/mol. The van der Waals surface area contributed by atoms with Gasteiger partial charge in [0.05, 0.1) is 5.70 Å². The van der Waals surface area contributed by atoms with Gasteiger partial charge in [-0.3, -0.25) is 5.14 Å². The second kappa shape index (κ2) is 6.85. The van der Waals surface area contributed by atoms with Gasteiger partial charge < -0.3 is 15.7 Å². The van der Waals surface area contributed by atoms with Gasteiger partial charge in [-0.05, 0) is 18.9 Å². The van der Waals surface area contributed by atoms with Gasteiger partial charge in [-0.25, -0.2) is 9.79 Å². The summed E-state index contributed by atoms with van der Waals surface area (Å²) in [5, 5.41) is 17.3. The van der Waals surface area contributed by atoms with E-state index in [0.717, 1.165) is 0 Å². The lowest BCUT2D eigenvalue weighted by molar-refractivity contribution is -0.129. The highest BCUT2D eigenvalue weighted by Crippen LogP contribution is 2.04. The molecule has 0 heterocycles. The molecule has 0 radical (unpaired) electrons. The van der Waals surface area contributed by atoms with Gasteiger partial charge in [-0.15, -0.1) is 0 Å². The second-order valence-electron chi connectivity index (χ2n) is 2.17. The highest BCUT2D eigenvalue weighted by atomic mass is 32.2. The predicted octanol–water partition coefficient (Wildman–Crippen LogP) is -0.101. The summed E-state index contributed by atoms with van der Waals surface area (Å²) in [5.74, 6) is -1.26. The first kappa shape index (κ1) is 13.5. The molecule has 0 aromatic heterocycles. The van der Waals surface area contributed by atoms with Gasteiger partial charge in [0, 0.05) is 0 Å². The van der Waals surface area contributed by atoms with E-state index in [2.05, 4.69) is 15.0 Å². The summed E-state index contributed by atoms with van der Waals surface area (Å²) in [6.45, 7) is 1.60. The molecule has 7 nitrogen and oxygen atoms in total. The van der Waals surface area contributed by atoms with Crippen molar-refractivity contribution in [3.8, 4) is 0 Å². The second-order valence-corrected chi connectivity index (χ2v) is 2.82. The van der Waals surface area contributed by atoms with Crippen molar-refractivity contribution in [3.05, 3.63) is 11.8 Å². The van der Waals surface area contributed by atoms with Crippen molar-refractivity contribution < 1.29 is 14.7 Å². The normalized spacial score (nSPS) is 13.9. The molecule has 0 aliphatic heterocycles. The third-order valence-electron chi connectivity index (χ3n) is 1.25. The number of carbonyl (C=O) groups is 1. The maximum absolute atomic E-state index is 10.8. The quantitative estimate of drug-likeness (QED) is 0.269. The fourth-order valence-electron chi connectivity index (χ4n) is 0.686. The molecule has 0 spiro atoms. The number of oxime groups is 1. The Morgan fingerprint density at radius 2 is 2.20 bits per heavy atom. The molecule has 0 aliphatic carbocycles. The number of hydrogen-bond acceptors (Lipinski definition) is 6. The Morgan fingerprint density at radius 3 is 2.53 bits per heavy atom. The SMILES string of the molecule is C/C=C(N=C(N)SN)/C(=N/OC)C(=O)O. The van der Waals surface area contributed by atoms with Gasteiger partial charge in [0.25, 0.3) is 0 Å². The van der Waals surface area contributed by atoms with Crippen LogP contribution in [0.2, 0.25) is 0 Å². The smallest absolute Gasteiger partial charge is 0.360 e. The standard InChI is InChI=1S/C7H12N4O3S/c1-3-4(10-7(8)15-9)5(6(12)13)11-14-2/h3H,9H2,1-2H3,(H2,8,10)(H,12,13)/b4-3-,11-5-. The topological polar surface area (TPSA) is 123 Å². The minimum absolute atomic E-state index is 0.0353. The number of aliphatic imine (C=N–C) groups is 1. The predicted molar refractivity (Wildman–Crippen MR) is 59.2 cm³/mol. The molecule has 0 saturated carbocycles. The fraction of sp³-hybridized carbons (Fsp3) is 0.286. The highest BCUT2D eigenvalue weighted by Gasteiger charge is 2.15. The van der Waals surface area contributed by atoms with Gasteiger partial charge in [-0.1, -0.05) is 11.2 Å². The first-order chi connectivity index (χ1) is 7.06. The van der Waals surface area contributed by atoms with Crippen molar-refractivity contribution in [1.82, 2.24) is 0 Å². The van der Waals surface area contributed by atoms with Crippen molar-refractivity contribution >= 4 is 28.8 Å². The Labute approximate surface area is 91.0 Å². The van der Waals surface area contributed by atoms with Crippen LogP contribution >= 0.6 is 11.9 Å². The van der Waals surface area contributed by atoms with Crippen LogP contribution in [0.3, 0.4) is 0 Å². The van der Waals surface area contributed by atoms with Crippen LogP contribution in [0.4, 0.5) is 0 Å². The Hall–Kier alpha value is -1.54. The number of aliphatic carboxylic acids is 1. The van der Waals surface area contributed by atoms with E-state index in [1.165, 1.54) is 13.2 Å². The van der Waals surface area contributed by atoms with E-state index in [9.17, 15) is 4.79 Å². The molecule has 5 N–H and O–H groups in total. The molecule has 0 rings (SSSR count). The average Bonchev–Trinajstić information content (AvgIpc) is 2.22. The zero-order valence-electron chi connectivity index (χ0n) is 8.30. The van der Waals surface area contributed by atoms with E-state index in [1.807, 2.05) is 0 Å². The van der Waals surface area contributed by atoms with Gasteiger partial charge in [0.2, 0.25) is 5.71 Å². The van der Waals surface area contributed by atoms with Crippen molar-refractivity contribution in [2.45, 2.75) is 6.92 Å². The van der Waals surface area contributed by atoms with Crippen LogP contribution in [0.25, 0.3) is 0 Å². The average molecular weight is 232 g/mol. The van der Waals surface area contributed by atoms with Crippen molar-refractivity contribution in [3.63, 3.8) is 0 Å².